The highest BCUT2D eigenvalue weighted by atomic mass is 16.5. The minimum Gasteiger partial charge on any atom is -0.550 e. The van der Waals surface area contributed by atoms with Gasteiger partial charge in [-0.05, 0) is 18.4 Å². The van der Waals surface area contributed by atoms with Gasteiger partial charge in [-0.2, -0.15) is 0 Å². The Hall–Kier alpha value is -1.84. The Morgan fingerprint density at radius 2 is 1.94 bits per heavy atom. The van der Waals surface area contributed by atoms with E-state index in [9.17, 15) is 14.7 Å². The zero-order valence-electron chi connectivity index (χ0n) is 9.01. The van der Waals surface area contributed by atoms with Gasteiger partial charge in [0.2, 0.25) is 0 Å². The van der Waals surface area contributed by atoms with Crippen molar-refractivity contribution in [1.29, 1.82) is 0 Å². The Morgan fingerprint density at radius 3 is 2.44 bits per heavy atom. The van der Waals surface area contributed by atoms with Gasteiger partial charge in [0.25, 0.3) is 0 Å². The number of carbonyl (C=O) groups excluding carboxylic acids is 2. The van der Waals surface area contributed by atoms with Crippen LogP contribution in [0.2, 0.25) is 0 Å². The molecule has 0 amide bonds. The summed E-state index contributed by atoms with van der Waals surface area (Å²) in [5.41, 5.74) is 0.760. The van der Waals surface area contributed by atoms with E-state index in [2.05, 4.69) is 4.74 Å². The normalized spacial score (nSPS) is 11.8. The Bertz CT molecular complexity index is 359. The van der Waals surface area contributed by atoms with Gasteiger partial charge in [-0.25, -0.2) is 0 Å². The summed E-state index contributed by atoms with van der Waals surface area (Å²) in [7, 11) is 1.29. The van der Waals surface area contributed by atoms with E-state index in [0.717, 1.165) is 5.56 Å². The van der Waals surface area contributed by atoms with Crippen molar-refractivity contribution in [2.24, 2.45) is 0 Å². The van der Waals surface area contributed by atoms with Crippen LogP contribution in [0, 0.1) is 0 Å². The first-order valence-electron chi connectivity index (χ1n) is 4.97. The summed E-state index contributed by atoms with van der Waals surface area (Å²) in [4.78, 5) is 21.9. The predicted octanol–water partition coefficient (Wildman–Crippen LogP) is 0.473. The number of carboxylic acids is 1. The molecule has 0 aromatic heterocycles. The zero-order valence-corrected chi connectivity index (χ0v) is 9.01. The highest BCUT2D eigenvalue weighted by Crippen LogP contribution is 2.22. The number of methoxy groups -OCH3 is 1. The molecule has 0 N–H and O–H groups in total. The second-order valence-electron chi connectivity index (χ2n) is 3.40. The fourth-order valence-electron chi connectivity index (χ4n) is 1.51. The quantitative estimate of drug-likeness (QED) is 0.678. The average Bonchev–Trinajstić information content (AvgIpc) is 2.30. The standard InChI is InChI=1S/C12H14O4/c1-16-12(15)10(7-8-11(13)14)9-5-3-2-4-6-9/h2-6,10H,7-8H2,1H3,(H,13,14)/p-1. The van der Waals surface area contributed by atoms with Gasteiger partial charge in [-0.1, -0.05) is 30.3 Å². The first-order chi connectivity index (χ1) is 7.65. The summed E-state index contributed by atoms with van der Waals surface area (Å²) >= 11 is 0. The molecule has 4 heteroatoms. The molecule has 86 valence electrons. The molecule has 0 radical (unpaired) electrons. The average molecular weight is 221 g/mol. The Kier molecular flexibility index (Phi) is 4.51. The third kappa shape index (κ3) is 3.38. The van der Waals surface area contributed by atoms with Crippen LogP contribution in [-0.4, -0.2) is 19.0 Å². The Balaban J connectivity index is 2.79. The summed E-state index contributed by atoms with van der Waals surface area (Å²) in [6, 6.07) is 8.97. The molecule has 16 heavy (non-hydrogen) atoms. The summed E-state index contributed by atoms with van der Waals surface area (Å²) in [5, 5.41) is 10.4. The van der Waals surface area contributed by atoms with Gasteiger partial charge in [0.05, 0.1) is 13.0 Å². The number of hydrogen-bond donors (Lipinski definition) is 0. The lowest BCUT2D eigenvalue weighted by atomic mass is 9.94. The number of ether oxygens (including phenoxy) is 1. The van der Waals surface area contributed by atoms with Crippen molar-refractivity contribution in [1.82, 2.24) is 0 Å². The molecule has 0 spiro atoms. The van der Waals surface area contributed by atoms with E-state index in [1.165, 1.54) is 7.11 Å². The van der Waals surface area contributed by atoms with Gasteiger partial charge in [-0.15, -0.1) is 0 Å². The molecule has 0 saturated heterocycles. The van der Waals surface area contributed by atoms with E-state index in [-0.39, 0.29) is 12.8 Å². The van der Waals surface area contributed by atoms with Gasteiger partial charge in [0, 0.05) is 5.97 Å². The number of carboxylic acid groups (broad SMARTS) is 1. The molecule has 0 bridgehead atoms. The van der Waals surface area contributed by atoms with Crippen molar-refractivity contribution in [3.8, 4) is 0 Å². The van der Waals surface area contributed by atoms with Crippen LogP contribution >= 0.6 is 0 Å². The van der Waals surface area contributed by atoms with Crippen LogP contribution in [0.15, 0.2) is 30.3 Å². The van der Waals surface area contributed by atoms with E-state index in [0.29, 0.717) is 0 Å². The molecule has 1 atom stereocenters. The SMILES string of the molecule is COC(=O)C(CCC(=O)[O-])c1ccccc1. The molecule has 1 rings (SSSR count). The van der Waals surface area contributed by atoms with Gasteiger partial charge in [-0.3, -0.25) is 4.79 Å². The molecular formula is C12H13O4-. The second-order valence-corrected chi connectivity index (χ2v) is 3.40. The monoisotopic (exact) mass is 221 g/mol. The van der Waals surface area contributed by atoms with E-state index in [1.54, 1.807) is 24.3 Å². The van der Waals surface area contributed by atoms with Gasteiger partial charge >= 0.3 is 5.97 Å². The molecule has 0 aliphatic rings. The fraction of sp³-hybridized carbons (Fsp3) is 0.333. The van der Waals surface area contributed by atoms with Crippen LogP contribution in [0.3, 0.4) is 0 Å². The molecule has 4 nitrogen and oxygen atoms in total. The molecule has 0 saturated carbocycles. The number of hydrogen-bond acceptors (Lipinski definition) is 4. The van der Waals surface area contributed by atoms with E-state index in [4.69, 9.17) is 0 Å². The van der Waals surface area contributed by atoms with Crippen LogP contribution in [0.25, 0.3) is 0 Å². The summed E-state index contributed by atoms with van der Waals surface area (Å²) in [6.45, 7) is 0. The smallest absolute Gasteiger partial charge is 0.313 e. The van der Waals surface area contributed by atoms with Crippen LogP contribution in [0.4, 0.5) is 0 Å². The number of benzene rings is 1. The molecule has 0 heterocycles. The number of esters is 1. The molecule has 1 aromatic rings. The van der Waals surface area contributed by atoms with E-state index < -0.39 is 17.9 Å². The zero-order chi connectivity index (χ0) is 12.0. The first-order valence-corrected chi connectivity index (χ1v) is 4.97. The fourth-order valence-corrected chi connectivity index (χ4v) is 1.51. The minimum absolute atomic E-state index is 0.158. The van der Waals surface area contributed by atoms with Crippen molar-refractivity contribution in [2.45, 2.75) is 18.8 Å². The van der Waals surface area contributed by atoms with Crippen molar-refractivity contribution in [3.05, 3.63) is 35.9 Å². The highest BCUT2D eigenvalue weighted by Gasteiger charge is 2.20. The first kappa shape index (κ1) is 12.2. The lowest BCUT2D eigenvalue weighted by Crippen LogP contribution is -2.24. The molecule has 0 fully saturated rings. The van der Waals surface area contributed by atoms with Crippen molar-refractivity contribution < 1.29 is 19.4 Å². The highest BCUT2D eigenvalue weighted by molar-refractivity contribution is 5.78. The molecule has 1 unspecified atom stereocenters. The minimum atomic E-state index is -1.16. The van der Waals surface area contributed by atoms with Crippen LogP contribution in [-0.2, 0) is 14.3 Å². The molecule has 0 aliphatic heterocycles. The Labute approximate surface area is 93.9 Å². The summed E-state index contributed by atoms with van der Waals surface area (Å²) in [6.07, 6.45) is 0.0354. The third-order valence-electron chi connectivity index (χ3n) is 2.32. The maximum Gasteiger partial charge on any atom is 0.313 e. The van der Waals surface area contributed by atoms with Crippen LogP contribution in [0.1, 0.15) is 24.3 Å². The number of aliphatic carboxylic acids is 1. The maximum atomic E-state index is 11.5. The Morgan fingerprint density at radius 1 is 1.31 bits per heavy atom. The maximum absolute atomic E-state index is 11.5. The largest absolute Gasteiger partial charge is 0.550 e. The van der Waals surface area contributed by atoms with E-state index >= 15 is 0 Å². The van der Waals surface area contributed by atoms with Crippen LogP contribution in [0.5, 0.6) is 0 Å². The third-order valence-corrected chi connectivity index (χ3v) is 2.32. The van der Waals surface area contributed by atoms with Crippen molar-refractivity contribution in [3.63, 3.8) is 0 Å². The van der Waals surface area contributed by atoms with E-state index in [1.807, 2.05) is 6.07 Å². The lowest BCUT2D eigenvalue weighted by Gasteiger charge is -2.15. The topological polar surface area (TPSA) is 66.4 Å². The molecule has 1 aromatic carbocycles. The second kappa shape index (κ2) is 5.90. The van der Waals surface area contributed by atoms with Gasteiger partial charge in [0.15, 0.2) is 0 Å². The number of rotatable bonds is 5. The summed E-state index contributed by atoms with van der Waals surface area (Å²) < 4.78 is 4.65. The van der Waals surface area contributed by atoms with Crippen LogP contribution < -0.4 is 5.11 Å². The predicted molar refractivity (Wildman–Crippen MR) is 55.4 cm³/mol. The van der Waals surface area contributed by atoms with Gasteiger partial charge < -0.3 is 14.6 Å². The molecule has 0 aliphatic carbocycles. The van der Waals surface area contributed by atoms with Crippen molar-refractivity contribution in [2.75, 3.05) is 7.11 Å². The molecular weight excluding hydrogens is 208 g/mol. The van der Waals surface area contributed by atoms with Gasteiger partial charge in [0.1, 0.15) is 0 Å². The lowest BCUT2D eigenvalue weighted by molar-refractivity contribution is -0.305. The summed E-state index contributed by atoms with van der Waals surface area (Å²) in [5.74, 6) is -2.12. The van der Waals surface area contributed by atoms with Crippen molar-refractivity contribution >= 4 is 11.9 Å². The number of carbonyl (C=O) groups is 2.